The SMILES string of the molecule is CSCCCNc1ccc2c(c1)CCN2C(=O)OC(C)(C)C. The van der Waals surface area contributed by atoms with Gasteiger partial charge in [-0.1, -0.05) is 0 Å². The minimum atomic E-state index is -0.460. The summed E-state index contributed by atoms with van der Waals surface area (Å²) in [4.78, 5) is 14.0. The minimum Gasteiger partial charge on any atom is -0.443 e. The molecule has 0 saturated heterocycles. The van der Waals surface area contributed by atoms with Gasteiger partial charge in [-0.15, -0.1) is 0 Å². The first-order chi connectivity index (χ1) is 10.4. The van der Waals surface area contributed by atoms with E-state index in [1.54, 1.807) is 4.90 Å². The summed E-state index contributed by atoms with van der Waals surface area (Å²) in [6.45, 7) is 7.35. The van der Waals surface area contributed by atoms with Gasteiger partial charge < -0.3 is 10.1 Å². The van der Waals surface area contributed by atoms with Crippen LogP contribution in [0.1, 0.15) is 32.8 Å². The molecule has 0 bridgehead atoms. The third-order valence-electron chi connectivity index (χ3n) is 3.44. The van der Waals surface area contributed by atoms with Gasteiger partial charge in [0.05, 0.1) is 5.69 Å². The van der Waals surface area contributed by atoms with Crippen LogP contribution in [-0.2, 0) is 11.2 Å². The van der Waals surface area contributed by atoms with E-state index in [9.17, 15) is 4.79 Å². The summed E-state index contributed by atoms with van der Waals surface area (Å²) in [7, 11) is 0. The number of ether oxygens (including phenoxy) is 1. The molecule has 5 heteroatoms. The molecule has 1 aromatic carbocycles. The van der Waals surface area contributed by atoms with Crippen molar-refractivity contribution < 1.29 is 9.53 Å². The maximum atomic E-state index is 12.2. The monoisotopic (exact) mass is 322 g/mol. The second-order valence-electron chi connectivity index (χ2n) is 6.50. The van der Waals surface area contributed by atoms with E-state index in [1.807, 2.05) is 44.7 Å². The maximum absolute atomic E-state index is 12.2. The first-order valence-corrected chi connectivity index (χ1v) is 9.16. The summed E-state index contributed by atoms with van der Waals surface area (Å²) in [6, 6.07) is 6.21. The summed E-state index contributed by atoms with van der Waals surface area (Å²) < 4.78 is 5.47. The third kappa shape index (κ3) is 4.57. The van der Waals surface area contributed by atoms with Crippen molar-refractivity contribution in [2.24, 2.45) is 0 Å². The van der Waals surface area contributed by atoms with Crippen LogP contribution in [0.4, 0.5) is 16.2 Å². The number of nitrogens with one attached hydrogen (secondary N) is 1. The molecule has 1 amide bonds. The number of hydrogen-bond donors (Lipinski definition) is 1. The Kier molecular flexibility index (Phi) is 5.62. The highest BCUT2D eigenvalue weighted by Crippen LogP contribution is 2.31. The van der Waals surface area contributed by atoms with Gasteiger partial charge in [0.2, 0.25) is 0 Å². The lowest BCUT2D eigenvalue weighted by atomic mass is 10.1. The highest BCUT2D eigenvalue weighted by molar-refractivity contribution is 7.98. The molecule has 0 radical (unpaired) electrons. The van der Waals surface area contributed by atoms with Crippen molar-refractivity contribution in [3.63, 3.8) is 0 Å². The molecule has 1 aliphatic heterocycles. The second-order valence-corrected chi connectivity index (χ2v) is 7.48. The molecule has 4 nitrogen and oxygen atoms in total. The van der Waals surface area contributed by atoms with Gasteiger partial charge in [0.25, 0.3) is 0 Å². The molecular weight excluding hydrogens is 296 g/mol. The van der Waals surface area contributed by atoms with Crippen LogP contribution in [-0.4, -0.2) is 36.8 Å². The minimum absolute atomic E-state index is 0.257. The van der Waals surface area contributed by atoms with E-state index < -0.39 is 5.60 Å². The number of carbonyl (C=O) groups excluding carboxylic acids is 1. The van der Waals surface area contributed by atoms with Crippen molar-refractivity contribution in [2.75, 3.05) is 35.3 Å². The van der Waals surface area contributed by atoms with Gasteiger partial charge in [-0.25, -0.2) is 4.79 Å². The number of nitrogens with zero attached hydrogens (tertiary/aromatic N) is 1. The third-order valence-corrected chi connectivity index (χ3v) is 4.14. The fourth-order valence-electron chi connectivity index (χ4n) is 2.47. The molecule has 22 heavy (non-hydrogen) atoms. The van der Waals surface area contributed by atoms with Crippen molar-refractivity contribution in [1.82, 2.24) is 0 Å². The molecule has 0 unspecified atom stereocenters. The molecule has 1 aliphatic rings. The number of carbonyl (C=O) groups is 1. The van der Waals surface area contributed by atoms with Gasteiger partial charge >= 0.3 is 6.09 Å². The number of amides is 1. The Labute approximate surface area is 137 Å². The van der Waals surface area contributed by atoms with Crippen LogP contribution in [0.2, 0.25) is 0 Å². The Morgan fingerprint density at radius 2 is 2.18 bits per heavy atom. The Morgan fingerprint density at radius 3 is 2.86 bits per heavy atom. The number of thioether (sulfide) groups is 1. The molecule has 0 aromatic heterocycles. The van der Waals surface area contributed by atoms with E-state index in [0.29, 0.717) is 6.54 Å². The molecule has 0 spiro atoms. The topological polar surface area (TPSA) is 41.6 Å². The van der Waals surface area contributed by atoms with E-state index in [-0.39, 0.29) is 6.09 Å². The van der Waals surface area contributed by atoms with Crippen LogP contribution in [0.3, 0.4) is 0 Å². The van der Waals surface area contributed by atoms with E-state index in [2.05, 4.69) is 17.6 Å². The molecule has 2 rings (SSSR count). The zero-order valence-electron chi connectivity index (χ0n) is 13.9. The number of benzene rings is 1. The Bertz CT molecular complexity index is 526. The Hall–Kier alpha value is -1.36. The molecule has 122 valence electrons. The average molecular weight is 322 g/mol. The zero-order valence-corrected chi connectivity index (χ0v) is 14.8. The van der Waals surface area contributed by atoms with E-state index in [1.165, 1.54) is 11.3 Å². The number of fused-ring (bicyclic) bond motifs is 1. The molecule has 1 N–H and O–H groups in total. The van der Waals surface area contributed by atoms with E-state index in [0.717, 1.165) is 30.8 Å². The maximum Gasteiger partial charge on any atom is 0.414 e. The first-order valence-electron chi connectivity index (χ1n) is 7.77. The van der Waals surface area contributed by atoms with Crippen LogP contribution >= 0.6 is 11.8 Å². The molecule has 0 saturated carbocycles. The largest absolute Gasteiger partial charge is 0.443 e. The highest BCUT2D eigenvalue weighted by atomic mass is 32.2. The lowest BCUT2D eigenvalue weighted by molar-refractivity contribution is 0.0584. The lowest BCUT2D eigenvalue weighted by Gasteiger charge is -2.24. The predicted octanol–water partition coefficient (Wildman–Crippen LogP) is 4.15. The number of hydrogen-bond acceptors (Lipinski definition) is 4. The summed E-state index contributed by atoms with van der Waals surface area (Å²) in [6.07, 6.45) is 3.91. The van der Waals surface area contributed by atoms with Crippen molar-refractivity contribution in [2.45, 2.75) is 39.2 Å². The van der Waals surface area contributed by atoms with Gasteiger partial charge in [0.1, 0.15) is 5.60 Å². The average Bonchev–Trinajstić information content (AvgIpc) is 2.85. The summed E-state index contributed by atoms with van der Waals surface area (Å²) in [5, 5.41) is 3.44. The second kappa shape index (κ2) is 7.27. The van der Waals surface area contributed by atoms with Crippen LogP contribution in [0.5, 0.6) is 0 Å². The smallest absolute Gasteiger partial charge is 0.414 e. The normalized spacial score (nSPS) is 13.9. The molecule has 0 fully saturated rings. The van der Waals surface area contributed by atoms with Crippen LogP contribution in [0, 0.1) is 0 Å². The van der Waals surface area contributed by atoms with Crippen molar-refractivity contribution >= 4 is 29.2 Å². The van der Waals surface area contributed by atoms with Gasteiger partial charge in [-0.05, 0) is 69.4 Å². The van der Waals surface area contributed by atoms with Crippen LogP contribution in [0.25, 0.3) is 0 Å². The molecule has 0 atom stereocenters. The van der Waals surface area contributed by atoms with E-state index in [4.69, 9.17) is 4.74 Å². The van der Waals surface area contributed by atoms with Gasteiger partial charge in [0, 0.05) is 18.8 Å². The fraction of sp³-hybridized carbons (Fsp3) is 0.588. The number of anilines is 2. The molecule has 1 aromatic rings. The quantitative estimate of drug-likeness (QED) is 0.827. The Morgan fingerprint density at radius 1 is 1.41 bits per heavy atom. The fourth-order valence-corrected chi connectivity index (χ4v) is 2.90. The highest BCUT2D eigenvalue weighted by Gasteiger charge is 2.28. The van der Waals surface area contributed by atoms with Crippen molar-refractivity contribution in [3.05, 3.63) is 23.8 Å². The van der Waals surface area contributed by atoms with Gasteiger partial charge in [0.15, 0.2) is 0 Å². The molecule has 0 aliphatic carbocycles. The summed E-state index contributed by atoms with van der Waals surface area (Å²) >= 11 is 1.87. The predicted molar refractivity (Wildman–Crippen MR) is 95.2 cm³/mol. The summed E-state index contributed by atoms with van der Waals surface area (Å²) in [5.74, 6) is 1.17. The summed E-state index contributed by atoms with van der Waals surface area (Å²) in [5.41, 5.74) is 2.86. The van der Waals surface area contributed by atoms with Crippen molar-refractivity contribution in [3.8, 4) is 0 Å². The first kappa shape index (κ1) is 17.0. The molecule has 1 heterocycles. The number of rotatable bonds is 5. The standard InChI is InChI=1S/C17H26N2O2S/c1-17(2,3)21-16(20)19-10-8-13-12-14(6-7-15(13)19)18-9-5-11-22-4/h6-7,12,18H,5,8-11H2,1-4H3. The molecular formula is C17H26N2O2S. The lowest BCUT2D eigenvalue weighted by Crippen LogP contribution is -2.35. The van der Waals surface area contributed by atoms with Gasteiger partial charge in [-0.2, -0.15) is 11.8 Å². The zero-order chi connectivity index (χ0) is 16.2. The Balaban J connectivity index is 1.99. The van der Waals surface area contributed by atoms with Crippen LogP contribution in [0.15, 0.2) is 18.2 Å². The van der Waals surface area contributed by atoms with E-state index >= 15 is 0 Å². The van der Waals surface area contributed by atoms with Crippen molar-refractivity contribution in [1.29, 1.82) is 0 Å². The van der Waals surface area contributed by atoms with Gasteiger partial charge in [-0.3, -0.25) is 4.90 Å². The van der Waals surface area contributed by atoms with Crippen LogP contribution < -0.4 is 10.2 Å².